The number of nitrogens with two attached hydrogens (primary N) is 1. The van der Waals surface area contributed by atoms with Gasteiger partial charge in [-0.2, -0.15) is 8.42 Å². The predicted molar refractivity (Wildman–Crippen MR) is 80.8 cm³/mol. The van der Waals surface area contributed by atoms with Crippen molar-refractivity contribution in [2.45, 2.75) is 4.90 Å². The predicted octanol–water partition coefficient (Wildman–Crippen LogP) is 3.09. The third-order valence-electron chi connectivity index (χ3n) is 2.47. The van der Waals surface area contributed by atoms with Crippen molar-refractivity contribution >= 4 is 39.1 Å². The lowest BCUT2D eigenvalue weighted by molar-refractivity contribution is 0.598. The Balaban J connectivity index is 2.37. The first kappa shape index (κ1) is 14.8. The highest BCUT2D eigenvalue weighted by atomic mass is 35.5. The zero-order chi connectivity index (χ0) is 14.8. The van der Waals surface area contributed by atoms with Gasteiger partial charge in [-0.3, -0.25) is 0 Å². The third kappa shape index (κ3) is 3.50. The Morgan fingerprint density at radius 1 is 0.900 bits per heavy atom. The molecule has 0 aliphatic heterocycles. The number of sulfonamides is 1. The van der Waals surface area contributed by atoms with Crippen molar-refractivity contribution in [3.63, 3.8) is 0 Å². The zero-order valence-corrected chi connectivity index (χ0v) is 12.5. The molecular formula is C13H10Cl2N2O2S. The number of hydrogen-bond acceptors (Lipinski definition) is 2. The zero-order valence-electron chi connectivity index (χ0n) is 10.1. The second kappa shape index (κ2) is 5.83. The van der Waals surface area contributed by atoms with Crippen molar-refractivity contribution in [3.8, 4) is 0 Å². The fraction of sp³-hybridized carbons (Fsp3) is 0. The topological polar surface area (TPSA) is 72.5 Å². The summed E-state index contributed by atoms with van der Waals surface area (Å²) in [4.78, 5) is 0.0267. The number of hydrogen-bond donors (Lipinski definition) is 1. The van der Waals surface area contributed by atoms with Crippen LogP contribution >= 0.6 is 23.2 Å². The summed E-state index contributed by atoms with van der Waals surface area (Å²) in [6.45, 7) is 0. The maximum atomic E-state index is 12.1. The fourth-order valence-electron chi connectivity index (χ4n) is 1.46. The van der Waals surface area contributed by atoms with E-state index in [4.69, 9.17) is 28.9 Å². The number of amidine groups is 1. The van der Waals surface area contributed by atoms with Gasteiger partial charge in [-0.25, -0.2) is 0 Å². The molecule has 7 heteroatoms. The highest BCUT2D eigenvalue weighted by Crippen LogP contribution is 2.17. The van der Waals surface area contributed by atoms with Crippen molar-refractivity contribution in [1.82, 2.24) is 0 Å². The fourth-order valence-corrected chi connectivity index (χ4v) is 2.66. The number of halogens is 2. The smallest absolute Gasteiger partial charge is 0.284 e. The lowest BCUT2D eigenvalue weighted by Crippen LogP contribution is -2.16. The lowest BCUT2D eigenvalue weighted by Gasteiger charge is -2.03. The molecule has 0 unspecified atom stereocenters. The van der Waals surface area contributed by atoms with Crippen LogP contribution in [0.2, 0.25) is 10.0 Å². The molecule has 0 aliphatic rings. The molecule has 0 atom stereocenters. The van der Waals surface area contributed by atoms with Gasteiger partial charge in [0.1, 0.15) is 5.84 Å². The first-order valence-electron chi connectivity index (χ1n) is 5.50. The van der Waals surface area contributed by atoms with Gasteiger partial charge in [-0.15, -0.1) is 4.40 Å². The van der Waals surface area contributed by atoms with E-state index in [1.165, 1.54) is 24.3 Å². The van der Waals surface area contributed by atoms with E-state index in [0.717, 1.165) is 0 Å². The van der Waals surface area contributed by atoms with E-state index in [1.807, 2.05) is 0 Å². The molecule has 4 nitrogen and oxygen atoms in total. The van der Waals surface area contributed by atoms with Crippen LogP contribution in [-0.4, -0.2) is 14.3 Å². The summed E-state index contributed by atoms with van der Waals surface area (Å²) in [6, 6.07) is 12.1. The van der Waals surface area contributed by atoms with E-state index < -0.39 is 10.0 Å². The maximum absolute atomic E-state index is 12.1. The number of benzene rings is 2. The molecule has 2 rings (SSSR count). The summed E-state index contributed by atoms with van der Waals surface area (Å²) in [6.07, 6.45) is 0. The van der Waals surface area contributed by atoms with Gasteiger partial charge < -0.3 is 5.73 Å². The van der Waals surface area contributed by atoms with Gasteiger partial charge >= 0.3 is 0 Å². The van der Waals surface area contributed by atoms with E-state index in [0.29, 0.717) is 15.6 Å². The minimum Gasteiger partial charge on any atom is -0.383 e. The Morgan fingerprint density at radius 3 is 1.85 bits per heavy atom. The minimum absolute atomic E-state index is 0.0267. The second-order valence-corrected chi connectivity index (χ2v) is 6.39. The molecule has 2 aromatic rings. The van der Waals surface area contributed by atoms with Crippen molar-refractivity contribution in [1.29, 1.82) is 0 Å². The molecular weight excluding hydrogens is 319 g/mol. The molecule has 2 N–H and O–H groups in total. The van der Waals surface area contributed by atoms with E-state index >= 15 is 0 Å². The van der Waals surface area contributed by atoms with Crippen LogP contribution in [0.25, 0.3) is 0 Å². The van der Waals surface area contributed by atoms with Gasteiger partial charge in [0, 0.05) is 15.6 Å². The van der Waals surface area contributed by atoms with E-state index in [9.17, 15) is 8.42 Å². The molecule has 0 aliphatic carbocycles. The Hall–Kier alpha value is -1.56. The number of nitrogens with zero attached hydrogens (tertiary/aromatic N) is 1. The molecule has 0 bridgehead atoms. The highest BCUT2D eigenvalue weighted by molar-refractivity contribution is 7.90. The molecule has 0 amide bonds. The van der Waals surface area contributed by atoms with Crippen LogP contribution in [0, 0.1) is 0 Å². The minimum atomic E-state index is -3.86. The SMILES string of the molecule is NC(=NS(=O)(=O)c1ccc(Cl)cc1)c1ccc(Cl)cc1. The van der Waals surface area contributed by atoms with Crippen LogP contribution in [0.1, 0.15) is 5.56 Å². The Morgan fingerprint density at radius 2 is 1.35 bits per heavy atom. The van der Waals surface area contributed by atoms with Gasteiger partial charge in [0.25, 0.3) is 10.0 Å². The Labute approximate surface area is 126 Å². The molecule has 0 aromatic heterocycles. The van der Waals surface area contributed by atoms with Crippen molar-refractivity contribution in [3.05, 3.63) is 64.1 Å². The van der Waals surface area contributed by atoms with Crippen LogP contribution < -0.4 is 5.73 Å². The van der Waals surface area contributed by atoms with Crippen LogP contribution in [0.4, 0.5) is 0 Å². The summed E-state index contributed by atoms with van der Waals surface area (Å²) >= 11 is 11.5. The number of rotatable bonds is 3. The largest absolute Gasteiger partial charge is 0.383 e. The van der Waals surface area contributed by atoms with Gasteiger partial charge in [-0.1, -0.05) is 23.2 Å². The molecule has 0 heterocycles. The highest BCUT2D eigenvalue weighted by Gasteiger charge is 2.13. The van der Waals surface area contributed by atoms with E-state index in [1.54, 1.807) is 24.3 Å². The van der Waals surface area contributed by atoms with Crippen molar-refractivity contribution < 1.29 is 8.42 Å². The van der Waals surface area contributed by atoms with Crippen LogP contribution in [0.15, 0.2) is 57.8 Å². The molecule has 2 aromatic carbocycles. The summed E-state index contributed by atoms with van der Waals surface area (Å²) in [5.74, 6) is -0.100. The van der Waals surface area contributed by atoms with Crippen LogP contribution in [0.5, 0.6) is 0 Å². The Kier molecular flexibility index (Phi) is 4.32. The average molecular weight is 329 g/mol. The summed E-state index contributed by atoms with van der Waals surface area (Å²) < 4.78 is 27.7. The quantitative estimate of drug-likeness (QED) is 0.695. The summed E-state index contributed by atoms with van der Waals surface area (Å²) in [5, 5.41) is 0.973. The standard InChI is InChI=1S/C13H10Cl2N2O2S/c14-10-3-1-9(2-4-10)13(16)17-20(18,19)12-7-5-11(15)6-8-12/h1-8H,(H2,16,17). The maximum Gasteiger partial charge on any atom is 0.284 e. The average Bonchev–Trinajstić information content (AvgIpc) is 2.39. The molecule has 104 valence electrons. The Bertz CT molecular complexity index is 739. The van der Waals surface area contributed by atoms with E-state index in [-0.39, 0.29) is 10.7 Å². The second-order valence-electron chi connectivity index (χ2n) is 3.91. The van der Waals surface area contributed by atoms with Gasteiger partial charge in [0.05, 0.1) is 4.90 Å². The lowest BCUT2D eigenvalue weighted by atomic mass is 10.2. The van der Waals surface area contributed by atoms with Gasteiger partial charge in [-0.05, 0) is 48.5 Å². The van der Waals surface area contributed by atoms with Crippen LogP contribution in [0.3, 0.4) is 0 Å². The molecule has 20 heavy (non-hydrogen) atoms. The van der Waals surface area contributed by atoms with Crippen molar-refractivity contribution in [2.24, 2.45) is 10.1 Å². The molecule has 0 spiro atoms. The third-order valence-corrected chi connectivity index (χ3v) is 4.28. The normalized spacial score (nSPS) is 12.4. The molecule has 0 saturated carbocycles. The first-order chi connectivity index (χ1) is 9.38. The van der Waals surface area contributed by atoms with Gasteiger partial charge in [0.15, 0.2) is 0 Å². The summed E-state index contributed by atoms with van der Waals surface area (Å²) in [5.41, 5.74) is 6.18. The van der Waals surface area contributed by atoms with Gasteiger partial charge in [0.2, 0.25) is 0 Å². The van der Waals surface area contributed by atoms with Crippen LogP contribution in [-0.2, 0) is 10.0 Å². The monoisotopic (exact) mass is 328 g/mol. The summed E-state index contributed by atoms with van der Waals surface area (Å²) in [7, 11) is -3.86. The molecule has 0 fully saturated rings. The van der Waals surface area contributed by atoms with Crippen molar-refractivity contribution in [2.75, 3.05) is 0 Å². The first-order valence-corrected chi connectivity index (χ1v) is 7.70. The van der Waals surface area contributed by atoms with E-state index in [2.05, 4.69) is 4.40 Å². The molecule has 0 radical (unpaired) electrons. The molecule has 0 saturated heterocycles.